The fourth-order valence-corrected chi connectivity index (χ4v) is 3.61. The zero-order chi connectivity index (χ0) is 17.4. The lowest BCUT2D eigenvalue weighted by atomic mass is 10.2. The highest BCUT2D eigenvalue weighted by Gasteiger charge is 2.15. The maximum Gasteiger partial charge on any atom is 0.279 e. The summed E-state index contributed by atoms with van der Waals surface area (Å²) < 4.78 is 14.4. The number of halogens is 1. The highest BCUT2D eigenvalue weighted by atomic mass is 32.1. The van der Waals surface area contributed by atoms with Crippen LogP contribution in [0.4, 0.5) is 4.39 Å². The minimum Gasteiger partial charge on any atom is -0.360 e. The molecule has 2 heterocycles. The number of carbonyl (C=O) groups is 2. The summed E-state index contributed by atoms with van der Waals surface area (Å²) >= 11 is 1.16. The van der Waals surface area contributed by atoms with Gasteiger partial charge in [-0.05, 0) is 24.3 Å². The lowest BCUT2D eigenvalue weighted by Gasteiger charge is -2.05. The first-order valence-electron chi connectivity index (χ1n) is 7.48. The maximum absolute atomic E-state index is 13.7. The first kappa shape index (κ1) is 15.3. The molecule has 25 heavy (non-hydrogen) atoms. The third-order valence-corrected chi connectivity index (χ3v) is 4.95. The Morgan fingerprint density at radius 3 is 2.60 bits per heavy atom. The first-order chi connectivity index (χ1) is 12.1. The van der Waals surface area contributed by atoms with Crippen molar-refractivity contribution in [1.82, 2.24) is 15.8 Å². The molecular formula is C18H12FN3O2S. The molecule has 2 aromatic heterocycles. The number of H-pyrrole nitrogens is 1. The number of hydrazine groups is 1. The Bertz CT molecular complexity index is 1120. The molecule has 0 bridgehead atoms. The van der Waals surface area contributed by atoms with Gasteiger partial charge in [0.25, 0.3) is 11.8 Å². The summed E-state index contributed by atoms with van der Waals surface area (Å²) in [6.07, 6.45) is 1.58. The van der Waals surface area contributed by atoms with E-state index >= 15 is 0 Å². The van der Waals surface area contributed by atoms with E-state index in [9.17, 15) is 14.0 Å². The van der Waals surface area contributed by atoms with Gasteiger partial charge >= 0.3 is 0 Å². The molecule has 0 aliphatic rings. The predicted molar refractivity (Wildman–Crippen MR) is 95.0 cm³/mol. The van der Waals surface area contributed by atoms with E-state index in [0.717, 1.165) is 22.2 Å². The summed E-state index contributed by atoms with van der Waals surface area (Å²) in [6.45, 7) is 0. The molecule has 0 radical (unpaired) electrons. The second-order valence-electron chi connectivity index (χ2n) is 5.42. The van der Waals surface area contributed by atoms with E-state index in [0.29, 0.717) is 20.5 Å². The highest BCUT2D eigenvalue weighted by Crippen LogP contribution is 2.27. The molecule has 0 atom stereocenters. The van der Waals surface area contributed by atoms with Crippen LogP contribution in [0.15, 0.2) is 54.7 Å². The van der Waals surface area contributed by atoms with Crippen LogP contribution in [0.3, 0.4) is 0 Å². The van der Waals surface area contributed by atoms with Gasteiger partial charge in [0, 0.05) is 27.2 Å². The van der Waals surface area contributed by atoms with Crippen LogP contribution in [0.2, 0.25) is 0 Å². The van der Waals surface area contributed by atoms with Crippen molar-refractivity contribution in [3.8, 4) is 0 Å². The summed E-state index contributed by atoms with van der Waals surface area (Å²) in [6, 6.07) is 13.5. The Morgan fingerprint density at radius 1 is 0.960 bits per heavy atom. The number of benzene rings is 2. The van der Waals surface area contributed by atoms with Crippen LogP contribution >= 0.6 is 11.3 Å². The van der Waals surface area contributed by atoms with Crippen LogP contribution in [0.5, 0.6) is 0 Å². The van der Waals surface area contributed by atoms with Crippen molar-refractivity contribution in [3.05, 3.63) is 71.0 Å². The number of hydrogen-bond acceptors (Lipinski definition) is 3. The van der Waals surface area contributed by atoms with Gasteiger partial charge in [0.15, 0.2) is 0 Å². The molecule has 124 valence electrons. The monoisotopic (exact) mass is 353 g/mol. The van der Waals surface area contributed by atoms with Crippen LogP contribution in [0, 0.1) is 5.82 Å². The molecule has 0 unspecified atom stereocenters. The van der Waals surface area contributed by atoms with Gasteiger partial charge in [0.05, 0.1) is 10.4 Å². The summed E-state index contributed by atoms with van der Waals surface area (Å²) in [5.41, 5.74) is 6.02. The number of amides is 2. The number of fused-ring (bicyclic) bond motifs is 2. The molecule has 4 rings (SSSR count). The molecular weight excluding hydrogens is 341 g/mol. The molecule has 0 spiro atoms. The number of carbonyl (C=O) groups excluding carboxylic acids is 2. The summed E-state index contributed by atoms with van der Waals surface area (Å²) in [4.78, 5) is 27.8. The van der Waals surface area contributed by atoms with Crippen molar-refractivity contribution in [2.75, 3.05) is 0 Å². The molecule has 4 aromatic rings. The molecule has 0 saturated carbocycles. The largest absolute Gasteiger partial charge is 0.360 e. The van der Waals surface area contributed by atoms with Crippen molar-refractivity contribution < 1.29 is 14.0 Å². The van der Waals surface area contributed by atoms with Gasteiger partial charge in [-0.2, -0.15) is 0 Å². The molecule has 0 aliphatic carbocycles. The number of hydrogen-bond donors (Lipinski definition) is 3. The topological polar surface area (TPSA) is 74.0 Å². The number of para-hydroxylation sites is 1. The minimum absolute atomic E-state index is 0.319. The molecule has 7 heteroatoms. The predicted octanol–water partition coefficient (Wildman–Crippen LogP) is 3.60. The summed E-state index contributed by atoms with van der Waals surface area (Å²) in [7, 11) is 0. The third-order valence-electron chi connectivity index (χ3n) is 3.86. The minimum atomic E-state index is -0.492. The Morgan fingerprint density at radius 2 is 1.76 bits per heavy atom. The van der Waals surface area contributed by atoms with Gasteiger partial charge < -0.3 is 4.98 Å². The van der Waals surface area contributed by atoms with Gasteiger partial charge in [0.1, 0.15) is 5.82 Å². The molecule has 0 saturated heterocycles. The lowest BCUT2D eigenvalue weighted by molar-refractivity contribution is 0.0850. The van der Waals surface area contributed by atoms with Crippen molar-refractivity contribution in [1.29, 1.82) is 0 Å². The normalized spacial score (nSPS) is 10.9. The Hall–Kier alpha value is -3.19. The van der Waals surface area contributed by atoms with Gasteiger partial charge in [0.2, 0.25) is 0 Å². The van der Waals surface area contributed by atoms with E-state index in [-0.39, 0.29) is 5.82 Å². The van der Waals surface area contributed by atoms with Crippen LogP contribution in [-0.2, 0) is 0 Å². The zero-order valence-electron chi connectivity index (χ0n) is 12.8. The van der Waals surface area contributed by atoms with E-state index in [4.69, 9.17) is 0 Å². The fraction of sp³-hybridized carbons (Fsp3) is 0. The van der Waals surface area contributed by atoms with Gasteiger partial charge in [-0.3, -0.25) is 20.4 Å². The fourth-order valence-electron chi connectivity index (χ4n) is 2.64. The molecule has 3 N–H and O–H groups in total. The smallest absolute Gasteiger partial charge is 0.279 e. The zero-order valence-corrected chi connectivity index (χ0v) is 13.6. The lowest BCUT2D eigenvalue weighted by Crippen LogP contribution is -2.41. The quantitative estimate of drug-likeness (QED) is 0.482. The van der Waals surface area contributed by atoms with E-state index in [1.165, 1.54) is 12.1 Å². The number of aromatic nitrogens is 1. The van der Waals surface area contributed by atoms with Gasteiger partial charge in [-0.1, -0.05) is 24.3 Å². The van der Waals surface area contributed by atoms with E-state index in [1.807, 2.05) is 24.3 Å². The van der Waals surface area contributed by atoms with E-state index < -0.39 is 11.8 Å². The maximum atomic E-state index is 13.7. The Balaban J connectivity index is 1.51. The SMILES string of the molecule is O=C(NNC(=O)c1c[nH]c2ccccc12)c1cc2c(F)cccc2s1. The number of nitrogens with one attached hydrogen (secondary N) is 3. The molecule has 0 fully saturated rings. The van der Waals surface area contributed by atoms with E-state index in [1.54, 1.807) is 18.3 Å². The second-order valence-corrected chi connectivity index (χ2v) is 6.50. The molecule has 0 aliphatic heterocycles. The van der Waals surface area contributed by atoms with Crippen molar-refractivity contribution in [2.24, 2.45) is 0 Å². The van der Waals surface area contributed by atoms with Gasteiger partial charge in [-0.25, -0.2) is 4.39 Å². The molecule has 5 nitrogen and oxygen atoms in total. The highest BCUT2D eigenvalue weighted by molar-refractivity contribution is 7.20. The summed E-state index contributed by atoms with van der Waals surface area (Å²) in [5.74, 6) is -1.30. The number of thiophene rings is 1. The standard InChI is InChI=1S/C18H12FN3O2S/c19-13-5-3-7-15-11(13)8-16(25-15)18(24)22-21-17(23)12-9-20-14-6-2-1-4-10(12)14/h1-9,20H,(H,21,23)(H,22,24). The van der Waals surface area contributed by atoms with Gasteiger partial charge in [-0.15, -0.1) is 11.3 Å². The summed E-state index contributed by atoms with van der Waals surface area (Å²) in [5, 5.41) is 1.15. The molecule has 2 aromatic carbocycles. The second kappa shape index (κ2) is 6.03. The van der Waals surface area contributed by atoms with Crippen LogP contribution in [0.1, 0.15) is 20.0 Å². The average molecular weight is 353 g/mol. The number of aromatic amines is 1. The van der Waals surface area contributed by atoms with Crippen molar-refractivity contribution >= 4 is 44.1 Å². The van der Waals surface area contributed by atoms with Crippen molar-refractivity contribution in [2.45, 2.75) is 0 Å². The van der Waals surface area contributed by atoms with E-state index in [2.05, 4.69) is 15.8 Å². The van der Waals surface area contributed by atoms with Crippen LogP contribution < -0.4 is 10.9 Å². The Labute approximate surface area is 145 Å². The average Bonchev–Trinajstić information content (AvgIpc) is 3.24. The number of rotatable bonds is 2. The third kappa shape index (κ3) is 2.74. The van der Waals surface area contributed by atoms with Crippen LogP contribution in [0.25, 0.3) is 21.0 Å². The first-order valence-corrected chi connectivity index (χ1v) is 8.30. The Kier molecular flexibility index (Phi) is 3.70. The van der Waals surface area contributed by atoms with Crippen LogP contribution in [-0.4, -0.2) is 16.8 Å². The molecule has 2 amide bonds. The van der Waals surface area contributed by atoms with Crippen molar-refractivity contribution in [3.63, 3.8) is 0 Å².